The van der Waals surface area contributed by atoms with E-state index in [1.807, 2.05) is 6.92 Å². The predicted molar refractivity (Wildman–Crippen MR) is 116 cm³/mol. The monoisotopic (exact) mass is 443 g/mol. The van der Waals surface area contributed by atoms with Crippen LogP contribution in [0, 0.1) is 11.8 Å². The Labute approximate surface area is 187 Å². The number of benzene rings is 1. The first-order chi connectivity index (χ1) is 15.3. The molecule has 3 atom stereocenters. The topological polar surface area (TPSA) is 100 Å². The van der Waals surface area contributed by atoms with Crippen LogP contribution in [0.2, 0.25) is 0 Å². The number of allylic oxidation sites excluding steroid dienone is 3. The number of hydrogen-bond donors (Lipinski definition) is 1. The summed E-state index contributed by atoms with van der Waals surface area (Å²) in [6.07, 6.45) is 0.455. The summed E-state index contributed by atoms with van der Waals surface area (Å²) in [4.78, 5) is 39.2. The second-order valence-corrected chi connectivity index (χ2v) is 7.84. The molecule has 1 aliphatic heterocycles. The number of carbonyl (C=O) groups excluding carboxylic acids is 3. The Balaban J connectivity index is 2.28. The Morgan fingerprint density at radius 1 is 1.16 bits per heavy atom. The molecule has 0 amide bonds. The van der Waals surface area contributed by atoms with Gasteiger partial charge < -0.3 is 24.3 Å². The number of nitrogens with one attached hydrogen (secondary N) is 1. The first-order valence-corrected chi connectivity index (χ1v) is 10.5. The molecule has 0 saturated heterocycles. The number of para-hydroxylation sites is 1. The number of Topliss-reactive ketones (excluding diaryl/α,β-unsaturated/α-hetero) is 1. The van der Waals surface area contributed by atoms with Crippen molar-refractivity contribution in [2.45, 2.75) is 33.1 Å². The second kappa shape index (κ2) is 9.46. The van der Waals surface area contributed by atoms with E-state index in [9.17, 15) is 14.4 Å². The third-order valence-electron chi connectivity index (χ3n) is 5.98. The Hall–Kier alpha value is -3.29. The average molecular weight is 443 g/mol. The van der Waals surface area contributed by atoms with Crippen LogP contribution in [0.3, 0.4) is 0 Å². The summed E-state index contributed by atoms with van der Waals surface area (Å²) in [5.74, 6) is -2.64. The van der Waals surface area contributed by atoms with Gasteiger partial charge in [-0.2, -0.15) is 0 Å². The molecular formula is C24H29NO7. The van der Waals surface area contributed by atoms with Crippen molar-refractivity contribution < 1.29 is 33.3 Å². The van der Waals surface area contributed by atoms with Crippen molar-refractivity contribution in [2.24, 2.45) is 11.8 Å². The largest absolute Gasteiger partial charge is 0.493 e. The van der Waals surface area contributed by atoms with Crippen LogP contribution in [0.15, 0.2) is 40.7 Å². The van der Waals surface area contributed by atoms with Crippen LogP contribution in [0.5, 0.6) is 11.5 Å². The Morgan fingerprint density at radius 2 is 1.88 bits per heavy atom. The molecule has 8 nitrogen and oxygen atoms in total. The van der Waals surface area contributed by atoms with Gasteiger partial charge in [0.15, 0.2) is 17.3 Å². The molecule has 172 valence electrons. The van der Waals surface area contributed by atoms with Crippen LogP contribution in [0.25, 0.3) is 0 Å². The highest BCUT2D eigenvalue weighted by atomic mass is 16.5. The minimum atomic E-state index is -0.957. The van der Waals surface area contributed by atoms with Crippen molar-refractivity contribution in [2.75, 3.05) is 27.9 Å². The zero-order valence-electron chi connectivity index (χ0n) is 19.2. The smallest absolute Gasteiger partial charge is 0.336 e. The third kappa shape index (κ3) is 3.85. The first kappa shape index (κ1) is 23.4. The summed E-state index contributed by atoms with van der Waals surface area (Å²) in [7, 11) is 4.28. The van der Waals surface area contributed by atoms with E-state index in [4.69, 9.17) is 18.9 Å². The van der Waals surface area contributed by atoms with Gasteiger partial charge in [0.1, 0.15) is 5.92 Å². The summed E-state index contributed by atoms with van der Waals surface area (Å²) < 4.78 is 21.3. The zero-order valence-corrected chi connectivity index (χ0v) is 19.2. The van der Waals surface area contributed by atoms with Crippen LogP contribution in [-0.2, 0) is 23.9 Å². The SMILES string of the molecule is CCOC(=O)C1=C(C)NC2=C(C(=O)[C@H](C(=O)OC)[C@H](C)C2)[C@H]1c1cccc(OC)c1OC. The van der Waals surface area contributed by atoms with E-state index in [0.29, 0.717) is 46.0 Å². The minimum Gasteiger partial charge on any atom is -0.493 e. The second-order valence-electron chi connectivity index (χ2n) is 7.84. The maximum atomic E-state index is 13.7. The number of methoxy groups -OCH3 is 3. The molecule has 1 aliphatic carbocycles. The van der Waals surface area contributed by atoms with E-state index < -0.39 is 23.8 Å². The van der Waals surface area contributed by atoms with Gasteiger partial charge in [-0.1, -0.05) is 19.1 Å². The minimum absolute atomic E-state index is 0.180. The number of dihydropyridines is 1. The lowest BCUT2D eigenvalue weighted by molar-refractivity contribution is -0.151. The highest BCUT2D eigenvalue weighted by Crippen LogP contribution is 2.49. The van der Waals surface area contributed by atoms with E-state index >= 15 is 0 Å². The van der Waals surface area contributed by atoms with Crippen molar-refractivity contribution in [3.63, 3.8) is 0 Å². The highest BCUT2D eigenvalue weighted by Gasteiger charge is 2.48. The molecule has 0 unspecified atom stereocenters. The van der Waals surface area contributed by atoms with E-state index in [1.54, 1.807) is 32.0 Å². The zero-order chi connectivity index (χ0) is 23.6. The van der Waals surface area contributed by atoms with Crippen molar-refractivity contribution in [1.29, 1.82) is 0 Å². The van der Waals surface area contributed by atoms with Crippen LogP contribution in [0.1, 0.15) is 38.7 Å². The fraction of sp³-hybridized carbons (Fsp3) is 0.458. The summed E-state index contributed by atoms with van der Waals surface area (Å²) >= 11 is 0. The number of ether oxygens (including phenoxy) is 4. The Kier molecular flexibility index (Phi) is 6.91. The fourth-order valence-electron chi connectivity index (χ4n) is 4.61. The van der Waals surface area contributed by atoms with Crippen LogP contribution in [0.4, 0.5) is 0 Å². The maximum Gasteiger partial charge on any atom is 0.336 e. The van der Waals surface area contributed by atoms with Gasteiger partial charge in [0.2, 0.25) is 0 Å². The Morgan fingerprint density at radius 3 is 2.47 bits per heavy atom. The van der Waals surface area contributed by atoms with Gasteiger partial charge in [-0.25, -0.2) is 4.79 Å². The standard InChI is InChI=1S/C24H29NO7/c1-7-32-24(28)18-13(3)25-15-11-12(2)17(23(27)31-6)21(26)20(15)19(18)14-9-8-10-16(29-4)22(14)30-5/h8-10,12,17,19,25H,7,11H2,1-6H3/t12-,17-,19+/m1/s1. The molecular weight excluding hydrogens is 414 g/mol. The number of carbonyl (C=O) groups is 3. The van der Waals surface area contributed by atoms with Gasteiger partial charge in [0.25, 0.3) is 0 Å². The fourth-order valence-corrected chi connectivity index (χ4v) is 4.61. The number of ketones is 1. The molecule has 3 rings (SSSR count). The molecule has 0 bridgehead atoms. The lowest BCUT2D eigenvalue weighted by atomic mass is 9.69. The van der Waals surface area contributed by atoms with E-state index in [0.717, 1.165) is 0 Å². The maximum absolute atomic E-state index is 13.7. The van der Waals surface area contributed by atoms with E-state index in [2.05, 4.69) is 5.32 Å². The van der Waals surface area contributed by atoms with Crippen molar-refractivity contribution >= 4 is 17.7 Å². The molecule has 2 aliphatic rings. The molecule has 32 heavy (non-hydrogen) atoms. The molecule has 0 saturated carbocycles. The van der Waals surface area contributed by atoms with Gasteiger partial charge >= 0.3 is 11.9 Å². The van der Waals surface area contributed by atoms with E-state index in [-0.39, 0.29) is 18.3 Å². The van der Waals surface area contributed by atoms with Crippen molar-refractivity contribution in [3.05, 3.63) is 46.3 Å². The lowest BCUT2D eigenvalue weighted by Gasteiger charge is -2.38. The molecule has 1 N–H and O–H groups in total. The lowest BCUT2D eigenvalue weighted by Crippen LogP contribution is -2.43. The predicted octanol–water partition coefficient (Wildman–Crippen LogP) is 2.88. The van der Waals surface area contributed by atoms with Gasteiger partial charge in [-0.05, 0) is 32.3 Å². The number of esters is 2. The van der Waals surface area contributed by atoms with Crippen LogP contribution >= 0.6 is 0 Å². The quantitative estimate of drug-likeness (QED) is 0.529. The summed E-state index contributed by atoms with van der Waals surface area (Å²) in [6.45, 7) is 5.51. The van der Waals surface area contributed by atoms with Crippen LogP contribution in [-0.4, -0.2) is 45.7 Å². The molecule has 1 aromatic carbocycles. The number of hydrogen-bond acceptors (Lipinski definition) is 8. The van der Waals surface area contributed by atoms with Gasteiger partial charge in [-0.3, -0.25) is 9.59 Å². The molecule has 1 heterocycles. The molecule has 0 fully saturated rings. The molecule has 0 radical (unpaired) electrons. The molecule has 0 aromatic heterocycles. The van der Waals surface area contributed by atoms with Gasteiger partial charge in [-0.15, -0.1) is 0 Å². The average Bonchev–Trinajstić information content (AvgIpc) is 2.77. The van der Waals surface area contributed by atoms with Crippen molar-refractivity contribution in [1.82, 2.24) is 5.32 Å². The van der Waals surface area contributed by atoms with Gasteiger partial charge in [0, 0.05) is 22.5 Å². The van der Waals surface area contributed by atoms with Crippen molar-refractivity contribution in [3.8, 4) is 11.5 Å². The summed E-state index contributed by atoms with van der Waals surface area (Å²) in [5, 5.41) is 3.23. The van der Waals surface area contributed by atoms with Crippen LogP contribution < -0.4 is 14.8 Å². The Bertz CT molecular complexity index is 1010. The molecule has 1 aromatic rings. The molecule has 8 heteroatoms. The van der Waals surface area contributed by atoms with Gasteiger partial charge in [0.05, 0.1) is 39.4 Å². The summed E-state index contributed by atoms with van der Waals surface area (Å²) in [5.41, 5.74) is 2.49. The third-order valence-corrected chi connectivity index (χ3v) is 5.98. The van der Waals surface area contributed by atoms with E-state index in [1.165, 1.54) is 21.3 Å². The normalized spacial score (nSPS) is 22.7. The highest BCUT2D eigenvalue weighted by molar-refractivity contribution is 6.12. The molecule has 0 spiro atoms. The first-order valence-electron chi connectivity index (χ1n) is 10.5. The summed E-state index contributed by atoms with van der Waals surface area (Å²) in [6, 6.07) is 5.29. The number of rotatable bonds is 6.